The van der Waals surface area contributed by atoms with Crippen molar-refractivity contribution >= 4 is 5.97 Å². The summed E-state index contributed by atoms with van der Waals surface area (Å²) in [6, 6.07) is 8.13. The Morgan fingerprint density at radius 3 is 2.82 bits per heavy atom. The standard InChI is InChI=1S/C15H18O2/c16-14(17)15(10-11-7-8-11)9-3-5-12-4-1-2-6-13(12)15/h1-2,4,6,11H,3,5,7-10H2,(H,16,17). The summed E-state index contributed by atoms with van der Waals surface area (Å²) in [7, 11) is 0. The molecular formula is C15H18O2. The van der Waals surface area contributed by atoms with E-state index < -0.39 is 11.4 Å². The van der Waals surface area contributed by atoms with Gasteiger partial charge in [-0.05, 0) is 42.7 Å². The van der Waals surface area contributed by atoms with Crippen molar-refractivity contribution in [1.29, 1.82) is 0 Å². The zero-order valence-corrected chi connectivity index (χ0v) is 9.98. The molecule has 1 aromatic rings. The third-order valence-electron chi connectivity index (χ3n) is 4.33. The van der Waals surface area contributed by atoms with E-state index in [0.29, 0.717) is 5.92 Å². The molecule has 0 spiro atoms. The third kappa shape index (κ3) is 1.76. The van der Waals surface area contributed by atoms with Crippen LogP contribution in [0.5, 0.6) is 0 Å². The Hall–Kier alpha value is -1.31. The normalized spacial score (nSPS) is 27.5. The Labute approximate surface area is 102 Å². The van der Waals surface area contributed by atoms with Gasteiger partial charge < -0.3 is 5.11 Å². The van der Waals surface area contributed by atoms with Crippen LogP contribution in [0.1, 0.15) is 43.2 Å². The quantitative estimate of drug-likeness (QED) is 0.866. The van der Waals surface area contributed by atoms with Crippen molar-refractivity contribution in [1.82, 2.24) is 0 Å². The van der Waals surface area contributed by atoms with E-state index in [-0.39, 0.29) is 0 Å². The number of benzene rings is 1. The number of carboxylic acids is 1. The van der Waals surface area contributed by atoms with E-state index in [1.54, 1.807) is 0 Å². The van der Waals surface area contributed by atoms with Crippen LogP contribution in [0.25, 0.3) is 0 Å². The van der Waals surface area contributed by atoms with Gasteiger partial charge in [0.25, 0.3) is 0 Å². The SMILES string of the molecule is O=C(O)C1(CC2CC2)CCCc2ccccc21. The van der Waals surface area contributed by atoms with Crippen LogP contribution in [0.4, 0.5) is 0 Å². The summed E-state index contributed by atoms with van der Waals surface area (Å²) in [5.74, 6) is 0.0359. The topological polar surface area (TPSA) is 37.3 Å². The Morgan fingerprint density at radius 2 is 2.12 bits per heavy atom. The van der Waals surface area contributed by atoms with E-state index in [1.807, 2.05) is 18.2 Å². The zero-order chi connectivity index (χ0) is 11.9. The Morgan fingerprint density at radius 1 is 1.35 bits per heavy atom. The van der Waals surface area contributed by atoms with Crippen molar-refractivity contribution in [2.24, 2.45) is 5.92 Å². The van der Waals surface area contributed by atoms with Gasteiger partial charge in [-0.25, -0.2) is 0 Å². The number of aliphatic carboxylic acids is 1. The molecule has 1 fully saturated rings. The summed E-state index contributed by atoms with van der Waals surface area (Å²) in [6.45, 7) is 0. The molecule has 2 heteroatoms. The van der Waals surface area contributed by atoms with E-state index in [0.717, 1.165) is 31.2 Å². The average molecular weight is 230 g/mol. The summed E-state index contributed by atoms with van der Waals surface area (Å²) in [5.41, 5.74) is 1.75. The van der Waals surface area contributed by atoms with Crippen LogP contribution in [0.15, 0.2) is 24.3 Å². The summed E-state index contributed by atoms with van der Waals surface area (Å²) in [4.78, 5) is 11.8. The van der Waals surface area contributed by atoms with Crippen molar-refractivity contribution in [2.75, 3.05) is 0 Å². The minimum atomic E-state index is -0.614. The molecule has 0 heterocycles. The van der Waals surface area contributed by atoms with Crippen LogP contribution in [-0.4, -0.2) is 11.1 Å². The number of fused-ring (bicyclic) bond motifs is 1. The van der Waals surface area contributed by atoms with Gasteiger partial charge in [-0.1, -0.05) is 37.1 Å². The van der Waals surface area contributed by atoms with Gasteiger partial charge in [0.05, 0.1) is 5.41 Å². The molecule has 3 rings (SSSR count). The lowest BCUT2D eigenvalue weighted by Crippen LogP contribution is -2.39. The highest BCUT2D eigenvalue weighted by atomic mass is 16.4. The van der Waals surface area contributed by atoms with Crippen molar-refractivity contribution < 1.29 is 9.90 Å². The maximum atomic E-state index is 11.8. The number of carbonyl (C=O) groups is 1. The van der Waals surface area contributed by atoms with Crippen molar-refractivity contribution in [2.45, 2.75) is 43.9 Å². The van der Waals surface area contributed by atoms with Crippen LogP contribution < -0.4 is 0 Å². The molecule has 1 saturated carbocycles. The monoisotopic (exact) mass is 230 g/mol. The van der Waals surface area contributed by atoms with Gasteiger partial charge in [-0.2, -0.15) is 0 Å². The van der Waals surface area contributed by atoms with E-state index in [1.165, 1.54) is 18.4 Å². The second kappa shape index (κ2) is 3.86. The van der Waals surface area contributed by atoms with Crippen LogP contribution in [0.3, 0.4) is 0 Å². The van der Waals surface area contributed by atoms with Crippen LogP contribution in [-0.2, 0) is 16.6 Å². The summed E-state index contributed by atoms with van der Waals surface area (Å²) in [5, 5.41) is 9.71. The lowest BCUT2D eigenvalue weighted by atomic mass is 9.67. The van der Waals surface area contributed by atoms with Crippen LogP contribution in [0.2, 0.25) is 0 Å². The molecule has 1 aromatic carbocycles. The molecule has 2 aliphatic carbocycles. The molecule has 1 atom stereocenters. The predicted molar refractivity (Wildman–Crippen MR) is 66.0 cm³/mol. The Kier molecular flexibility index (Phi) is 2.46. The number of carboxylic acid groups (broad SMARTS) is 1. The fourth-order valence-corrected chi connectivity index (χ4v) is 3.26. The number of hydrogen-bond acceptors (Lipinski definition) is 1. The third-order valence-corrected chi connectivity index (χ3v) is 4.33. The van der Waals surface area contributed by atoms with Gasteiger partial charge in [0.15, 0.2) is 0 Å². The lowest BCUT2D eigenvalue weighted by molar-refractivity contribution is -0.145. The molecule has 2 nitrogen and oxygen atoms in total. The smallest absolute Gasteiger partial charge is 0.314 e. The molecule has 0 bridgehead atoms. The largest absolute Gasteiger partial charge is 0.481 e. The highest BCUT2D eigenvalue weighted by Crippen LogP contribution is 2.47. The molecule has 2 aliphatic rings. The second-order valence-corrected chi connectivity index (χ2v) is 5.55. The van der Waals surface area contributed by atoms with E-state index in [2.05, 4.69) is 6.07 Å². The fraction of sp³-hybridized carbons (Fsp3) is 0.533. The Balaban J connectivity index is 2.06. The molecule has 0 saturated heterocycles. The number of rotatable bonds is 3. The summed E-state index contributed by atoms with van der Waals surface area (Å²) in [6.07, 6.45) is 6.15. The van der Waals surface area contributed by atoms with Crippen LogP contribution >= 0.6 is 0 Å². The summed E-state index contributed by atoms with van der Waals surface area (Å²) < 4.78 is 0. The second-order valence-electron chi connectivity index (χ2n) is 5.55. The van der Waals surface area contributed by atoms with E-state index >= 15 is 0 Å². The van der Waals surface area contributed by atoms with Gasteiger partial charge >= 0.3 is 5.97 Å². The molecule has 1 unspecified atom stereocenters. The van der Waals surface area contributed by atoms with Gasteiger partial charge in [0.1, 0.15) is 0 Å². The molecule has 1 N–H and O–H groups in total. The minimum Gasteiger partial charge on any atom is -0.481 e. The Bertz CT molecular complexity index is 448. The number of aryl methyl sites for hydroxylation is 1. The zero-order valence-electron chi connectivity index (χ0n) is 9.98. The minimum absolute atomic E-state index is 0.587. The fourth-order valence-electron chi connectivity index (χ4n) is 3.26. The molecular weight excluding hydrogens is 212 g/mol. The maximum Gasteiger partial charge on any atom is 0.314 e. The molecule has 0 radical (unpaired) electrons. The lowest BCUT2D eigenvalue weighted by Gasteiger charge is -2.35. The highest BCUT2D eigenvalue weighted by Gasteiger charge is 2.46. The number of hydrogen-bond donors (Lipinski definition) is 1. The van der Waals surface area contributed by atoms with Crippen molar-refractivity contribution in [3.8, 4) is 0 Å². The van der Waals surface area contributed by atoms with Gasteiger partial charge in [0, 0.05) is 0 Å². The van der Waals surface area contributed by atoms with E-state index in [4.69, 9.17) is 0 Å². The van der Waals surface area contributed by atoms with Crippen molar-refractivity contribution in [3.05, 3.63) is 35.4 Å². The highest BCUT2D eigenvalue weighted by molar-refractivity contribution is 5.82. The first-order chi connectivity index (χ1) is 8.22. The van der Waals surface area contributed by atoms with Gasteiger partial charge in [0.2, 0.25) is 0 Å². The first-order valence-corrected chi connectivity index (χ1v) is 6.54. The summed E-state index contributed by atoms with van der Waals surface area (Å²) >= 11 is 0. The molecule has 0 amide bonds. The molecule has 17 heavy (non-hydrogen) atoms. The van der Waals surface area contributed by atoms with Gasteiger partial charge in [-0.3, -0.25) is 4.79 Å². The predicted octanol–water partition coefficient (Wildman–Crippen LogP) is 3.15. The molecule has 0 aromatic heterocycles. The maximum absolute atomic E-state index is 11.8. The van der Waals surface area contributed by atoms with Crippen molar-refractivity contribution in [3.63, 3.8) is 0 Å². The van der Waals surface area contributed by atoms with E-state index in [9.17, 15) is 9.90 Å². The van der Waals surface area contributed by atoms with Crippen LogP contribution in [0, 0.1) is 5.92 Å². The molecule has 0 aliphatic heterocycles. The average Bonchev–Trinajstić information content (AvgIpc) is 3.13. The first kappa shape index (κ1) is 10.8. The van der Waals surface area contributed by atoms with Gasteiger partial charge in [-0.15, -0.1) is 0 Å². The molecule has 90 valence electrons. The first-order valence-electron chi connectivity index (χ1n) is 6.54.